The second-order valence-corrected chi connectivity index (χ2v) is 4.13. The van der Waals surface area contributed by atoms with Gasteiger partial charge in [-0.1, -0.05) is 29.2 Å². The Labute approximate surface area is 93.0 Å². The van der Waals surface area contributed by atoms with Gasteiger partial charge in [-0.05, 0) is 24.3 Å². The Morgan fingerprint density at radius 3 is 2.80 bits per heavy atom. The van der Waals surface area contributed by atoms with E-state index in [1.807, 2.05) is 30.3 Å². The first-order chi connectivity index (χ1) is 7.25. The predicted molar refractivity (Wildman–Crippen MR) is 66.9 cm³/mol. The van der Waals surface area contributed by atoms with Gasteiger partial charge >= 0.3 is 0 Å². The van der Waals surface area contributed by atoms with Gasteiger partial charge in [0.05, 0.1) is 0 Å². The molecule has 1 aromatic heterocycles. The second kappa shape index (κ2) is 3.04. The molecule has 0 aliphatic carbocycles. The van der Waals surface area contributed by atoms with Crippen molar-refractivity contribution in [1.29, 1.82) is 0 Å². The first-order valence-corrected chi connectivity index (χ1v) is 5.21. The molecule has 0 radical (unpaired) electrons. The van der Waals surface area contributed by atoms with Crippen LogP contribution < -0.4 is 5.46 Å². The number of furan rings is 1. The Balaban J connectivity index is 2.61. The van der Waals surface area contributed by atoms with Gasteiger partial charge in [-0.15, -0.1) is 0 Å². The number of halogens is 1. The summed E-state index contributed by atoms with van der Waals surface area (Å²) in [5.74, 6) is 0. The molecular weight excluding hydrogens is 206 g/mol. The molecule has 3 aromatic rings. The summed E-state index contributed by atoms with van der Waals surface area (Å²) >= 11 is 5.99. The quantitative estimate of drug-likeness (QED) is 0.524. The molecule has 0 atom stereocenters. The topological polar surface area (TPSA) is 13.1 Å². The average Bonchev–Trinajstić information content (AvgIpc) is 2.57. The molecule has 1 heterocycles. The van der Waals surface area contributed by atoms with E-state index in [4.69, 9.17) is 16.0 Å². The van der Waals surface area contributed by atoms with Crippen molar-refractivity contribution in [2.24, 2.45) is 0 Å². The summed E-state index contributed by atoms with van der Waals surface area (Å²) in [6, 6.07) is 11.8. The zero-order valence-corrected chi connectivity index (χ0v) is 9.01. The van der Waals surface area contributed by atoms with E-state index in [1.54, 1.807) is 0 Å². The number of rotatable bonds is 0. The van der Waals surface area contributed by atoms with Gasteiger partial charge < -0.3 is 4.42 Å². The molecule has 3 heteroatoms. The number of hydrogen-bond donors (Lipinski definition) is 0. The molecule has 1 nitrogen and oxygen atoms in total. The summed E-state index contributed by atoms with van der Waals surface area (Å²) in [6.07, 6.45) is 0. The van der Waals surface area contributed by atoms with Crippen LogP contribution in [0.1, 0.15) is 0 Å². The van der Waals surface area contributed by atoms with Gasteiger partial charge in [-0.2, -0.15) is 0 Å². The van der Waals surface area contributed by atoms with Crippen molar-refractivity contribution in [3.8, 4) is 0 Å². The third-order valence-corrected chi connectivity index (χ3v) is 2.90. The monoisotopic (exact) mass is 214 g/mol. The van der Waals surface area contributed by atoms with E-state index in [9.17, 15) is 0 Å². The van der Waals surface area contributed by atoms with Crippen LogP contribution in [-0.2, 0) is 0 Å². The van der Waals surface area contributed by atoms with Crippen molar-refractivity contribution >= 4 is 46.8 Å². The van der Waals surface area contributed by atoms with Crippen LogP contribution in [0.3, 0.4) is 0 Å². The lowest BCUT2D eigenvalue weighted by Gasteiger charge is -1.94. The fourth-order valence-electron chi connectivity index (χ4n) is 1.98. The van der Waals surface area contributed by atoms with Crippen molar-refractivity contribution in [2.45, 2.75) is 0 Å². The number of hydrogen-bond acceptors (Lipinski definition) is 1. The van der Waals surface area contributed by atoms with Crippen LogP contribution in [-0.4, -0.2) is 7.85 Å². The van der Waals surface area contributed by atoms with Crippen LogP contribution in [0.5, 0.6) is 0 Å². The Morgan fingerprint density at radius 2 is 1.93 bits per heavy atom. The van der Waals surface area contributed by atoms with Crippen LogP contribution >= 0.6 is 11.6 Å². The molecule has 0 spiro atoms. The molecule has 2 aromatic carbocycles. The van der Waals surface area contributed by atoms with E-state index in [0.717, 1.165) is 27.0 Å². The van der Waals surface area contributed by atoms with Crippen molar-refractivity contribution < 1.29 is 4.42 Å². The first-order valence-electron chi connectivity index (χ1n) is 4.83. The molecular formula is C12H8BClO. The third-order valence-electron chi connectivity index (χ3n) is 2.67. The summed E-state index contributed by atoms with van der Waals surface area (Å²) in [5.41, 5.74) is 3.03. The third kappa shape index (κ3) is 1.25. The van der Waals surface area contributed by atoms with Crippen LogP contribution in [0.25, 0.3) is 21.9 Å². The molecule has 0 bridgehead atoms. The maximum atomic E-state index is 5.99. The molecule has 0 saturated carbocycles. The highest BCUT2D eigenvalue weighted by Gasteiger charge is 2.08. The highest BCUT2D eigenvalue weighted by Crippen LogP contribution is 2.29. The van der Waals surface area contributed by atoms with E-state index in [1.165, 1.54) is 5.46 Å². The van der Waals surface area contributed by atoms with Crippen molar-refractivity contribution in [3.63, 3.8) is 0 Å². The van der Waals surface area contributed by atoms with Gasteiger partial charge in [-0.25, -0.2) is 0 Å². The van der Waals surface area contributed by atoms with Crippen LogP contribution in [0.4, 0.5) is 0 Å². The fraction of sp³-hybridized carbons (Fsp3) is 0. The minimum atomic E-state index is 0.744. The lowest BCUT2D eigenvalue weighted by molar-refractivity contribution is 0.669. The van der Waals surface area contributed by atoms with Gasteiger partial charge in [0.1, 0.15) is 19.0 Å². The number of fused-ring (bicyclic) bond motifs is 3. The maximum Gasteiger partial charge on any atom is 0.140 e. The summed E-state index contributed by atoms with van der Waals surface area (Å²) in [7, 11) is 2.08. The van der Waals surface area contributed by atoms with Gasteiger partial charge in [0.25, 0.3) is 0 Å². The van der Waals surface area contributed by atoms with Crippen molar-refractivity contribution in [1.82, 2.24) is 0 Å². The van der Waals surface area contributed by atoms with E-state index in [0.29, 0.717) is 0 Å². The van der Waals surface area contributed by atoms with Gasteiger partial charge in [0, 0.05) is 15.8 Å². The van der Waals surface area contributed by atoms with E-state index >= 15 is 0 Å². The minimum Gasteiger partial charge on any atom is -0.456 e. The Bertz CT molecular complexity index is 657. The summed E-state index contributed by atoms with van der Waals surface area (Å²) in [6.45, 7) is 0. The standard InChI is InChI=1S/C12H8BClO/c13-9-2-1-3-11-12(9)8-6-7(14)4-5-10(8)15-11/h1-6H,13H2. The van der Waals surface area contributed by atoms with Crippen molar-refractivity contribution in [2.75, 3.05) is 0 Å². The zero-order chi connectivity index (χ0) is 10.4. The first kappa shape index (κ1) is 8.87. The Kier molecular flexibility index (Phi) is 1.80. The van der Waals surface area contributed by atoms with E-state index in [-0.39, 0.29) is 0 Å². The maximum absolute atomic E-state index is 5.99. The number of benzene rings is 2. The molecule has 0 aliphatic heterocycles. The van der Waals surface area contributed by atoms with E-state index < -0.39 is 0 Å². The van der Waals surface area contributed by atoms with Gasteiger partial charge in [0.15, 0.2) is 0 Å². The zero-order valence-electron chi connectivity index (χ0n) is 8.25. The largest absolute Gasteiger partial charge is 0.456 e. The van der Waals surface area contributed by atoms with E-state index in [2.05, 4.69) is 13.9 Å². The average molecular weight is 214 g/mol. The molecule has 0 fully saturated rings. The lowest BCUT2D eigenvalue weighted by Crippen LogP contribution is -2.00. The van der Waals surface area contributed by atoms with Crippen molar-refractivity contribution in [3.05, 3.63) is 41.4 Å². The molecule has 0 unspecified atom stereocenters. The second-order valence-electron chi connectivity index (χ2n) is 3.69. The Hall–Kier alpha value is -1.41. The molecule has 0 aliphatic rings. The summed E-state index contributed by atoms with van der Waals surface area (Å²) in [4.78, 5) is 0. The molecule has 3 rings (SSSR count). The Morgan fingerprint density at radius 1 is 1.07 bits per heavy atom. The smallest absolute Gasteiger partial charge is 0.140 e. The minimum absolute atomic E-state index is 0.744. The van der Waals surface area contributed by atoms with Crippen LogP contribution in [0.2, 0.25) is 5.02 Å². The van der Waals surface area contributed by atoms with Gasteiger partial charge in [-0.3, -0.25) is 0 Å². The highest BCUT2D eigenvalue weighted by atomic mass is 35.5. The molecule has 15 heavy (non-hydrogen) atoms. The highest BCUT2D eigenvalue weighted by molar-refractivity contribution is 6.41. The molecule has 0 saturated heterocycles. The lowest BCUT2D eigenvalue weighted by atomic mass is 9.91. The summed E-state index contributed by atoms with van der Waals surface area (Å²) in [5, 5.41) is 3.00. The van der Waals surface area contributed by atoms with Gasteiger partial charge in [0.2, 0.25) is 0 Å². The molecule has 0 amide bonds. The SMILES string of the molecule is Bc1cccc2oc3ccc(Cl)cc3c12. The van der Waals surface area contributed by atoms with Crippen LogP contribution in [0, 0.1) is 0 Å². The molecule has 72 valence electrons. The normalized spacial score (nSPS) is 11.3. The predicted octanol–water partition coefficient (Wildman–Crippen LogP) is 2.50. The fourth-order valence-corrected chi connectivity index (χ4v) is 2.15. The molecule has 0 N–H and O–H groups in total. The summed E-state index contributed by atoms with van der Waals surface area (Å²) < 4.78 is 5.73. The van der Waals surface area contributed by atoms with Crippen LogP contribution in [0.15, 0.2) is 40.8 Å².